The number of hydrogen-bond acceptors (Lipinski definition) is 6. The summed E-state index contributed by atoms with van der Waals surface area (Å²) in [6.07, 6.45) is 5.84. The lowest BCUT2D eigenvalue weighted by atomic mass is 9.96. The number of aryl methyl sites for hydroxylation is 1. The molecule has 2 aliphatic rings. The molecular formula is C20H27N5O2. The fourth-order valence-corrected chi connectivity index (χ4v) is 3.99. The van der Waals surface area contributed by atoms with Gasteiger partial charge in [-0.25, -0.2) is 4.98 Å². The number of pyridine rings is 1. The van der Waals surface area contributed by atoms with Gasteiger partial charge < -0.3 is 14.7 Å². The van der Waals surface area contributed by atoms with Crippen molar-refractivity contribution in [3.05, 3.63) is 41.4 Å². The fraction of sp³-hybridized carbons (Fsp3) is 0.550. The first kappa shape index (κ1) is 18.0. The summed E-state index contributed by atoms with van der Waals surface area (Å²) in [5, 5.41) is 7.12. The Morgan fingerprint density at radius 3 is 2.81 bits per heavy atom. The van der Waals surface area contributed by atoms with Crippen LogP contribution < -0.4 is 10.2 Å². The van der Waals surface area contributed by atoms with E-state index in [-0.39, 0.29) is 11.9 Å². The van der Waals surface area contributed by atoms with E-state index in [9.17, 15) is 4.79 Å². The van der Waals surface area contributed by atoms with Gasteiger partial charge in [-0.1, -0.05) is 11.2 Å². The summed E-state index contributed by atoms with van der Waals surface area (Å²) in [4.78, 5) is 21.7. The van der Waals surface area contributed by atoms with Gasteiger partial charge in [0.1, 0.15) is 11.6 Å². The van der Waals surface area contributed by atoms with E-state index in [1.165, 1.54) is 0 Å². The topological polar surface area (TPSA) is 74.5 Å². The van der Waals surface area contributed by atoms with Crippen molar-refractivity contribution >= 4 is 11.7 Å². The summed E-state index contributed by atoms with van der Waals surface area (Å²) < 4.78 is 5.36. The molecule has 0 saturated carbocycles. The molecule has 7 heteroatoms. The molecule has 1 N–H and O–H groups in total. The molecule has 2 aromatic heterocycles. The Labute approximate surface area is 159 Å². The van der Waals surface area contributed by atoms with Gasteiger partial charge in [0, 0.05) is 56.9 Å². The highest BCUT2D eigenvalue weighted by atomic mass is 16.5. The first-order chi connectivity index (χ1) is 13.2. The Morgan fingerprint density at radius 1 is 1.22 bits per heavy atom. The zero-order valence-electron chi connectivity index (χ0n) is 15.9. The summed E-state index contributed by atoms with van der Waals surface area (Å²) in [5.74, 6) is 1.82. The predicted molar refractivity (Wildman–Crippen MR) is 103 cm³/mol. The summed E-state index contributed by atoms with van der Waals surface area (Å²) in [7, 11) is 0. The Morgan fingerprint density at radius 2 is 2.04 bits per heavy atom. The molecule has 1 amide bonds. The molecule has 27 heavy (non-hydrogen) atoms. The average molecular weight is 369 g/mol. The molecule has 7 nitrogen and oxygen atoms in total. The molecule has 3 heterocycles. The van der Waals surface area contributed by atoms with Crippen LogP contribution in [0.1, 0.15) is 41.6 Å². The normalized spacial score (nSPS) is 18.8. The standard InChI is InChI=1S/C20H27N5O2/c1-15(22-20(26)19-16-6-2-3-7-17(16)27-23-19)14-24-10-12-25(13-11-24)18-8-4-5-9-21-18/h4-5,8-9,15H,2-3,6-7,10-14H2,1H3,(H,22,26). The molecule has 1 atom stereocenters. The number of carbonyl (C=O) groups is 1. The third-order valence-corrected chi connectivity index (χ3v) is 5.42. The van der Waals surface area contributed by atoms with Crippen LogP contribution in [0.3, 0.4) is 0 Å². The number of rotatable bonds is 5. The Hall–Kier alpha value is -2.41. The maximum absolute atomic E-state index is 12.6. The fourth-order valence-electron chi connectivity index (χ4n) is 3.99. The number of carbonyl (C=O) groups excluding carboxylic acids is 1. The van der Waals surface area contributed by atoms with E-state index in [1.54, 1.807) is 0 Å². The molecule has 144 valence electrons. The Balaban J connectivity index is 1.27. The van der Waals surface area contributed by atoms with Crippen molar-refractivity contribution in [2.45, 2.75) is 38.6 Å². The lowest BCUT2D eigenvalue weighted by Gasteiger charge is -2.36. The predicted octanol–water partition coefficient (Wildman–Crippen LogP) is 1.89. The van der Waals surface area contributed by atoms with Crippen LogP contribution in [0.5, 0.6) is 0 Å². The maximum Gasteiger partial charge on any atom is 0.274 e. The van der Waals surface area contributed by atoms with Gasteiger partial charge in [-0.15, -0.1) is 0 Å². The highest BCUT2D eigenvalue weighted by Gasteiger charge is 2.25. The minimum absolute atomic E-state index is 0.0647. The second-order valence-corrected chi connectivity index (χ2v) is 7.49. The molecule has 0 aromatic carbocycles. The molecule has 2 aromatic rings. The number of nitrogens with one attached hydrogen (secondary N) is 1. The van der Waals surface area contributed by atoms with Crippen molar-refractivity contribution in [1.82, 2.24) is 20.4 Å². The number of piperazine rings is 1. The van der Waals surface area contributed by atoms with Crippen molar-refractivity contribution in [1.29, 1.82) is 0 Å². The van der Waals surface area contributed by atoms with Crippen LogP contribution in [0.4, 0.5) is 5.82 Å². The molecule has 0 bridgehead atoms. The quantitative estimate of drug-likeness (QED) is 0.868. The van der Waals surface area contributed by atoms with Crippen molar-refractivity contribution in [2.24, 2.45) is 0 Å². The Kier molecular flexibility index (Phi) is 5.38. The highest BCUT2D eigenvalue weighted by molar-refractivity contribution is 5.94. The number of fused-ring (bicyclic) bond motifs is 1. The zero-order chi connectivity index (χ0) is 18.6. The van der Waals surface area contributed by atoms with Gasteiger partial charge in [-0.3, -0.25) is 9.69 Å². The van der Waals surface area contributed by atoms with E-state index in [4.69, 9.17) is 4.52 Å². The lowest BCUT2D eigenvalue weighted by Crippen LogP contribution is -2.51. The second kappa shape index (κ2) is 8.08. The van der Waals surface area contributed by atoms with Gasteiger partial charge in [-0.05, 0) is 38.3 Å². The van der Waals surface area contributed by atoms with Crippen LogP contribution in [-0.4, -0.2) is 59.7 Å². The zero-order valence-corrected chi connectivity index (χ0v) is 15.9. The van der Waals surface area contributed by atoms with Gasteiger partial charge in [0.05, 0.1) is 0 Å². The third kappa shape index (κ3) is 4.13. The summed E-state index contributed by atoms with van der Waals surface area (Å²) >= 11 is 0. The number of amides is 1. The van der Waals surface area contributed by atoms with Crippen molar-refractivity contribution in [3.63, 3.8) is 0 Å². The van der Waals surface area contributed by atoms with E-state index in [2.05, 4.69) is 38.2 Å². The summed E-state index contributed by atoms with van der Waals surface area (Å²) in [6.45, 7) is 6.73. The maximum atomic E-state index is 12.6. The summed E-state index contributed by atoms with van der Waals surface area (Å²) in [6, 6.07) is 6.08. The van der Waals surface area contributed by atoms with E-state index >= 15 is 0 Å². The van der Waals surface area contributed by atoms with Crippen LogP contribution in [0.25, 0.3) is 0 Å². The smallest absolute Gasteiger partial charge is 0.274 e. The lowest BCUT2D eigenvalue weighted by molar-refractivity contribution is 0.0918. The van der Waals surface area contributed by atoms with Gasteiger partial charge >= 0.3 is 0 Å². The van der Waals surface area contributed by atoms with E-state index in [1.807, 2.05) is 18.3 Å². The third-order valence-electron chi connectivity index (χ3n) is 5.42. The molecule has 1 unspecified atom stereocenters. The van der Waals surface area contributed by atoms with E-state index < -0.39 is 0 Å². The van der Waals surface area contributed by atoms with Crippen molar-refractivity contribution in [2.75, 3.05) is 37.6 Å². The molecule has 1 saturated heterocycles. The number of nitrogens with zero attached hydrogens (tertiary/aromatic N) is 4. The van der Waals surface area contributed by atoms with Crippen molar-refractivity contribution < 1.29 is 9.32 Å². The SMILES string of the molecule is CC(CN1CCN(c2ccccn2)CC1)NC(=O)c1noc2c1CCCC2. The second-order valence-electron chi connectivity index (χ2n) is 7.49. The van der Waals surface area contributed by atoms with E-state index in [0.29, 0.717) is 5.69 Å². The minimum Gasteiger partial charge on any atom is -0.360 e. The van der Waals surface area contributed by atoms with Gasteiger partial charge in [-0.2, -0.15) is 0 Å². The first-order valence-electron chi connectivity index (χ1n) is 9.87. The molecular weight excluding hydrogens is 342 g/mol. The van der Waals surface area contributed by atoms with Crippen LogP contribution in [-0.2, 0) is 12.8 Å². The van der Waals surface area contributed by atoms with Crippen LogP contribution in [0.15, 0.2) is 28.9 Å². The molecule has 0 spiro atoms. The molecule has 0 radical (unpaired) electrons. The molecule has 1 fully saturated rings. The number of aromatic nitrogens is 2. The Bertz CT molecular complexity index is 768. The highest BCUT2D eigenvalue weighted by Crippen LogP contribution is 2.24. The van der Waals surface area contributed by atoms with Crippen LogP contribution in [0, 0.1) is 0 Å². The van der Waals surface area contributed by atoms with Gasteiger partial charge in [0.25, 0.3) is 5.91 Å². The monoisotopic (exact) mass is 369 g/mol. The minimum atomic E-state index is -0.110. The number of hydrogen-bond donors (Lipinski definition) is 1. The molecule has 1 aliphatic carbocycles. The first-order valence-corrected chi connectivity index (χ1v) is 9.87. The van der Waals surface area contributed by atoms with Crippen LogP contribution >= 0.6 is 0 Å². The number of anilines is 1. The molecule has 1 aliphatic heterocycles. The largest absolute Gasteiger partial charge is 0.360 e. The van der Waals surface area contributed by atoms with E-state index in [0.717, 1.165) is 75.5 Å². The van der Waals surface area contributed by atoms with Gasteiger partial charge in [0.15, 0.2) is 5.69 Å². The summed E-state index contributed by atoms with van der Waals surface area (Å²) in [5.41, 5.74) is 1.49. The van der Waals surface area contributed by atoms with Crippen LogP contribution in [0.2, 0.25) is 0 Å². The molecule has 4 rings (SSSR count). The van der Waals surface area contributed by atoms with Gasteiger partial charge in [0.2, 0.25) is 0 Å². The van der Waals surface area contributed by atoms with Crippen molar-refractivity contribution in [3.8, 4) is 0 Å². The average Bonchev–Trinajstić information content (AvgIpc) is 3.13.